The SMILES string of the molecule is COc1cc(-c2ccc3nnc(-c4cccc(Cl)c4)n3c2)ccc1O. The molecule has 0 amide bonds. The first-order valence-electron chi connectivity index (χ1n) is 7.64. The van der Waals surface area contributed by atoms with Crippen molar-refractivity contribution in [2.45, 2.75) is 0 Å². The Balaban J connectivity index is 1.86. The van der Waals surface area contributed by atoms with Crippen molar-refractivity contribution in [3.05, 3.63) is 65.8 Å². The highest BCUT2D eigenvalue weighted by atomic mass is 35.5. The van der Waals surface area contributed by atoms with Crippen LogP contribution < -0.4 is 4.74 Å². The smallest absolute Gasteiger partial charge is 0.168 e. The van der Waals surface area contributed by atoms with Gasteiger partial charge in [0.05, 0.1) is 7.11 Å². The number of benzene rings is 2. The van der Waals surface area contributed by atoms with Crippen molar-refractivity contribution in [1.82, 2.24) is 14.6 Å². The molecule has 0 aliphatic heterocycles. The number of aromatic nitrogens is 3. The Labute approximate surface area is 149 Å². The van der Waals surface area contributed by atoms with Crippen molar-refractivity contribution in [3.63, 3.8) is 0 Å². The molecule has 25 heavy (non-hydrogen) atoms. The fraction of sp³-hybridized carbons (Fsp3) is 0.0526. The molecule has 0 spiro atoms. The highest BCUT2D eigenvalue weighted by Gasteiger charge is 2.11. The quantitative estimate of drug-likeness (QED) is 0.593. The summed E-state index contributed by atoms with van der Waals surface area (Å²) in [6, 6.07) is 16.6. The summed E-state index contributed by atoms with van der Waals surface area (Å²) in [5.41, 5.74) is 3.50. The Morgan fingerprint density at radius 2 is 1.80 bits per heavy atom. The molecule has 0 saturated carbocycles. The van der Waals surface area contributed by atoms with Gasteiger partial charge in [0.2, 0.25) is 0 Å². The van der Waals surface area contributed by atoms with Gasteiger partial charge in [0.25, 0.3) is 0 Å². The molecule has 2 aromatic heterocycles. The number of hydrogen-bond acceptors (Lipinski definition) is 4. The molecule has 5 nitrogen and oxygen atoms in total. The highest BCUT2D eigenvalue weighted by Crippen LogP contribution is 2.32. The fourth-order valence-corrected chi connectivity index (χ4v) is 2.93. The van der Waals surface area contributed by atoms with E-state index < -0.39 is 0 Å². The van der Waals surface area contributed by atoms with Crippen LogP contribution >= 0.6 is 11.6 Å². The number of pyridine rings is 1. The summed E-state index contributed by atoms with van der Waals surface area (Å²) in [5, 5.41) is 18.9. The van der Waals surface area contributed by atoms with Crippen LogP contribution in [0.3, 0.4) is 0 Å². The van der Waals surface area contributed by atoms with Gasteiger partial charge in [0.1, 0.15) is 0 Å². The molecular weight excluding hydrogens is 338 g/mol. The van der Waals surface area contributed by atoms with Crippen LogP contribution in [0.1, 0.15) is 0 Å². The van der Waals surface area contributed by atoms with Crippen LogP contribution in [-0.2, 0) is 0 Å². The first kappa shape index (κ1) is 15.5. The van der Waals surface area contributed by atoms with Crippen molar-refractivity contribution < 1.29 is 9.84 Å². The number of aromatic hydroxyl groups is 1. The zero-order chi connectivity index (χ0) is 17.4. The lowest BCUT2D eigenvalue weighted by atomic mass is 10.1. The molecule has 0 aliphatic carbocycles. The number of hydrogen-bond donors (Lipinski definition) is 1. The van der Waals surface area contributed by atoms with Crippen molar-refractivity contribution in [3.8, 4) is 34.0 Å². The number of halogens is 1. The van der Waals surface area contributed by atoms with Crippen LogP contribution in [0, 0.1) is 0 Å². The van der Waals surface area contributed by atoms with Crippen LogP contribution in [0.2, 0.25) is 5.02 Å². The highest BCUT2D eigenvalue weighted by molar-refractivity contribution is 6.30. The van der Waals surface area contributed by atoms with E-state index >= 15 is 0 Å². The zero-order valence-electron chi connectivity index (χ0n) is 13.3. The minimum atomic E-state index is 0.108. The summed E-state index contributed by atoms with van der Waals surface area (Å²) in [7, 11) is 1.53. The second-order valence-corrected chi connectivity index (χ2v) is 6.00. The summed E-state index contributed by atoms with van der Waals surface area (Å²) in [4.78, 5) is 0. The van der Waals surface area contributed by atoms with Crippen LogP contribution in [-0.4, -0.2) is 26.8 Å². The van der Waals surface area contributed by atoms with Crippen molar-refractivity contribution in [2.75, 3.05) is 7.11 Å². The third kappa shape index (κ3) is 2.79. The molecule has 0 saturated heterocycles. The predicted octanol–water partition coefficient (Wildman–Crippen LogP) is 4.43. The van der Waals surface area contributed by atoms with Gasteiger partial charge in [-0.05, 0) is 47.5 Å². The Hall–Kier alpha value is -3.05. The molecule has 6 heteroatoms. The van der Waals surface area contributed by atoms with E-state index in [-0.39, 0.29) is 5.75 Å². The first-order chi connectivity index (χ1) is 12.2. The fourth-order valence-electron chi connectivity index (χ4n) is 2.74. The van der Waals surface area contributed by atoms with Gasteiger partial charge >= 0.3 is 0 Å². The molecule has 0 fully saturated rings. The number of methoxy groups -OCH3 is 1. The third-order valence-corrected chi connectivity index (χ3v) is 4.23. The summed E-state index contributed by atoms with van der Waals surface area (Å²) >= 11 is 6.09. The minimum absolute atomic E-state index is 0.108. The Morgan fingerprint density at radius 3 is 2.60 bits per heavy atom. The van der Waals surface area contributed by atoms with Gasteiger partial charge in [-0.2, -0.15) is 0 Å². The van der Waals surface area contributed by atoms with Gasteiger partial charge < -0.3 is 9.84 Å². The lowest BCUT2D eigenvalue weighted by Crippen LogP contribution is -1.91. The summed E-state index contributed by atoms with van der Waals surface area (Å²) in [5.74, 6) is 1.25. The molecular formula is C19H14ClN3O2. The standard InChI is InChI=1S/C19H14ClN3O2/c1-25-17-10-12(5-7-16(17)24)14-6-8-18-21-22-19(23(18)11-14)13-3-2-4-15(20)9-13/h2-11,24H,1H3. The number of phenols is 1. The maximum absolute atomic E-state index is 9.78. The summed E-state index contributed by atoms with van der Waals surface area (Å²) in [6.45, 7) is 0. The molecule has 2 heterocycles. The largest absolute Gasteiger partial charge is 0.504 e. The van der Waals surface area contributed by atoms with E-state index in [1.165, 1.54) is 7.11 Å². The van der Waals surface area contributed by atoms with Crippen molar-refractivity contribution >= 4 is 17.2 Å². The van der Waals surface area contributed by atoms with E-state index in [0.717, 1.165) is 22.3 Å². The van der Waals surface area contributed by atoms with Gasteiger partial charge in [0.15, 0.2) is 23.0 Å². The maximum atomic E-state index is 9.78. The van der Waals surface area contributed by atoms with Gasteiger partial charge in [0, 0.05) is 16.8 Å². The van der Waals surface area contributed by atoms with E-state index in [1.807, 2.05) is 53.1 Å². The van der Waals surface area contributed by atoms with E-state index in [0.29, 0.717) is 16.6 Å². The van der Waals surface area contributed by atoms with Crippen LogP contribution in [0.4, 0.5) is 0 Å². The Morgan fingerprint density at radius 1 is 0.960 bits per heavy atom. The molecule has 0 radical (unpaired) electrons. The normalized spacial score (nSPS) is 11.0. The Bertz CT molecular complexity index is 1080. The topological polar surface area (TPSA) is 59.7 Å². The molecule has 4 rings (SSSR count). The van der Waals surface area contributed by atoms with Gasteiger partial charge in [-0.1, -0.05) is 29.8 Å². The Kier molecular flexibility index (Phi) is 3.78. The molecule has 0 unspecified atom stereocenters. The molecule has 2 aromatic carbocycles. The molecule has 0 atom stereocenters. The minimum Gasteiger partial charge on any atom is -0.504 e. The lowest BCUT2D eigenvalue weighted by Gasteiger charge is -2.08. The molecule has 4 aromatic rings. The summed E-state index contributed by atoms with van der Waals surface area (Å²) < 4.78 is 7.11. The second kappa shape index (κ2) is 6.11. The molecule has 0 aliphatic rings. The summed E-state index contributed by atoms with van der Waals surface area (Å²) in [6.07, 6.45) is 1.96. The van der Waals surface area contributed by atoms with Crippen molar-refractivity contribution in [2.24, 2.45) is 0 Å². The van der Waals surface area contributed by atoms with Crippen LogP contribution in [0.25, 0.3) is 28.2 Å². The second-order valence-electron chi connectivity index (χ2n) is 5.57. The lowest BCUT2D eigenvalue weighted by molar-refractivity contribution is 0.373. The molecule has 1 N–H and O–H groups in total. The number of ether oxygens (including phenoxy) is 1. The number of nitrogens with zero attached hydrogens (tertiary/aromatic N) is 3. The molecule has 124 valence electrons. The predicted molar refractivity (Wildman–Crippen MR) is 97.1 cm³/mol. The van der Waals surface area contributed by atoms with Crippen molar-refractivity contribution in [1.29, 1.82) is 0 Å². The van der Waals surface area contributed by atoms with Gasteiger partial charge in [-0.25, -0.2) is 0 Å². The van der Waals surface area contributed by atoms with E-state index in [9.17, 15) is 5.11 Å². The number of phenolic OH excluding ortho intramolecular Hbond substituents is 1. The zero-order valence-corrected chi connectivity index (χ0v) is 14.1. The molecule has 0 bridgehead atoms. The first-order valence-corrected chi connectivity index (χ1v) is 8.01. The average Bonchev–Trinajstić information content (AvgIpc) is 3.05. The van der Waals surface area contributed by atoms with E-state index in [4.69, 9.17) is 16.3 Å². The third-order valence-electron chi connectivity index (χ3n) is 4.00. The monoisotopic (exact) mass is 351 g/mol. The maximum Gasteiger partial charge on any atom is 0.168 e. The van der Waals surface area contributed by atoms with Gasteiger partial charge in [-0.15, -0.1) is 10.2 Å². The number of fused-ring (bicyclic) bond motifs is 1. The van der Waals surface area contributed by atoms with Gasteiger partial charge in [-0.3, -0.25) is 4.40 Å². The average molecular weight is 352 g/mol. The van der Waals surface area contributed by atoms with E-state index in [2.05, 4.69) is 10.2 Å². The number of rotatable bonds is 3. The van der Waals surface area contributed by atoms with Crippen LogP contribution in [0.5, 0.6) is 11.5 Å². The van der Waals surface area contributed by atoms with E-state index in [1.54, 1.807) is 12.1 Å². The van der Waals surface area contributed by atoms with Crippen LogP contribution in [0.15, 0.2) is 60.8 Å².